The lowest BCUT2D eigenvalue weighted by Gasteiger charge is -2.11. The van der Waals surface area contributed by atoms with Crippen molar-refractivity contribution in [2.75, 3.05) is 12.4 Å². The van der Waals surface area contributed by atoms with Crippen molar-refractivity contribution in [2.24, 2.45) is 0 Å². The van der Waals surface area contributed by atoms with Crippen LogP contribution in [0.4, 0.5) is 5.69 Å². The molecule has 0 aliphatic rings. The number of rotatable bonds is 5. The van der Waals surface area contributed by atoms with Gasteiger partial charge in [-0.15, -0.1) is 0 Å². The summed E-state index contributed by atoms with van der Waals surface area (Å²) < 4.78 is 7.35. The van der Waals surface area contributed by atoms with E-state index < -0.39 is 5.91 Å². The number of hydrogen-bond acceptors (Lipinski definition) is 3. The van der Waals surface area contributed by atoms with Crippen molar-refractivity contribution in [3.05, 3.63) is 81.6 Å². The molecule has 30 heavy (non-hydrogen) atoms. The summed E-state index contributed by atoms with van der Waals surface area (Å²) in [6.45, 7) is 5.84. The van der Waals surface area contributed by atoms with E-state index in [4.69, 9.17) is 16.3 Å². The molecule has 0 unspecified atom stereocenters. The number of carbonyl (C=O) groups is 1. The van der Waals surface area contributed by atoms with Crippen LogP contribution in [0.25, 0.3) is 11.8 Å². The van der Waals surface area contributed by atoms with Gasteiger partial charge in [-0.25, -0.2) is 0 Å². The SMILES string of the molecule is COc1ccc(C)cc1NC(=O)/C(C#N)=C/c1cc(C)n(-c2ccc(Cl)cc2)c1C. The van der Waals surface area contributed by atoms with Gasteiger partial charge in [0, 0.05) is 22.1 Å². The molecule has 0 atom stereocenters. The van der Waals surface area contributed by atoms with E-state index in [1.54, 1.807) is 18.2 Å². The molecule has 3 aromatic rings. The highest BCUT2D eigenvalue weighted by atomic mass is 35.5. The molecular weight excluding hydrogens is 398 g/mol. The molecule has 0 radical (unpaired) electrons. The highest BCUT2D eigenvalue weighted by Gasteiger charge is 2.15. The van der Waals surface area contributed by atoms with Gasteiger partial charge in [0.1, 0.15) is 17.4 Å². The Hall–Kier alpha value is -3.49. The highest BCUT2D eigenvalue weighted by molar-refractivity contribution is 6.30. The Labute approximate surface area is 181 Å². The Morgan fingerprint density at radius 3 is 2.47 bits per heavy atom. The Bertz CT molecular complexity index is 1170. The first kappa shape index (κ1) is 21.2. The molecule has 0 bridgehead atoms. The van der Waals surface area contributed by atoms with Gasteiger partial charge in [0.15, 0.2) is 0 Å². The number of methoxy groups -OCH3 is 1. The van der Waals surface area contributed by atoms with Crippen LogP contribution in [-0.4, -0.2) is 17.6 Å². The first-order valence-corrected chi connectivity index (χ1v) is 9.74. The molecular formula is C24H22ClN3O2. The quantitative estimate of drug-likeness (QED) is 0.431. The topological polar surface area (TPSA) is 67.0 Å². The van der Waals surface area contributed by atoms with Crippen molar-refractivity contribution in [3.63, 3.8) is 0 Å². The van der Waals surface area contributed by atoms with E-state index in [1.165, 1.54) is 7.11 Å². The monoisotopic (exact) mass is 419 g/mol. The van der Waals surface area contributed by atoms with Crippen LogP contribution in [0.15, 0.2) is 54.1 Å². The zero-order chi connectivity index (χ0) is 21.8. The predicted octanol–water partition coefficient (Wildman–Crippen LogP) is 5.61. The van der Waals surface area contributed by atoms with Crippen LogP contribution in [0, 0.1) is 32.1 Å². The van der Waals surface area contributed by atoms with Gasteiger partial charge in [-0.2, -0.15) is 5.26 Å². The zero-order valence-electron chi connectivity index (χ0n) is 17.3. The summed E-state index contributed by atoms with van der Waals surface area (Å²) in [4.78, 5) is 12.8. The third kappa shape index (κ3) is 4.40. The smallest absolute Gasteiger partial charge is 0.266 e. The van der Waals surface area contributed by atoms with Gasteiger partial charge in [0.25, 0.3) is 5.91 Å². The normalized spacial score (nSPS) is 11.1. The second-order valence-electron chi connectivity index (χ2n) is 6.97. The summed E-state index contributed by atoms with van der Waals surface area (Å²) in [5.74, 6) is 0.0462. The number of benzene rings is 2. The van der Waals surface area contributed by atoms with Crippen LogP contribution in [0.1, 0.15) is 22.5 Å². The van der Waals surface area contributed by atoms with Gasteiger partial charge in [0.2, 0.25) is 0 Å². The number of nitrogens with one attached hydrogen (secondary N) is 1. The van der Waals surface area contributed by atoms with E-state index >= 15 is 0 Å². The van der Waals surface area contributed by atoms with E-state index in [0.717, 1.165) is 28.2 Å². The number of carbonyl (C=O) groups excluding carboxylic acids is 1. The van der Waals surface area contributed by atoms with E-state index in [-0.39, 0.29) is 5.57 Å². The van der Waals surface area contributed by atoms with E-state index in [9.17, 15) is 10.1 Å². The molecule has 2 aromatic carbocycles. The lowest BCUT2D eigenvalue weighted by atomic mass is 10.1. The van der Waals surface area contributed by atoms with Gasteiger partial charge in [-0.05, 0) is 80.4 Å². The van der Waals surface area contributed by atoms with Crippen LogP contribution in [0.2, 0.25) is 5.02 Å². The van der Waals surface area contributed by atoms with Gasteiger partial charge in [0.05, 0.1) is 12.8 Å². The lowest BCUT2D eigenvalue weighted by molar-refractivity contribution is -0.112. The molecule has 0 spiro atoms. The second kappa shape index (κ2) is 8.89. The largest absolute Gasteiger partial charge is 0.495 e. The van der Waals surface area contributed by atoms with Crippen molar-refractivity contribution in [1.29, 1.82) is 5.26 Å². The van der Waals surface area contributed by atoms with E-state index in [2.05, 4.69) is 9.88 Å². The molecule has 5 nitrogen and oxygen atoms in total. The Morgan fingerprint density at radius 2 is 1.83 bits per heavy atom. The molecule has 152 valence electrons. The Kier molecular flexibility index (Phi) is 6.29. The standard InChI is InChI=1S/C24H22ClN3O2/c1-15-5-10-23(30-4)22(11-15)27-24(29)19(14-26)13-18-12-16(2)28(17(18)3)21-8-6-20(25)7-9-21/h5-13H,1-4H3,(H,27,29)/b19-13+. The van der Waals surface area contributed by atoms with Gasteiger partial charge in [-0.1, -0.05) is 17.7 Å². The van der Waals surface area contributed by atoms with Crippen molar-refractivity contribution in [3.8, 4) is 17.5 Å². The number of ether oxygens (including phenoxy) is 1. The van der Waals surface area contributed by atoms with Crippen LogP contribution < -0.4 is 10.1 Å². The lowest BCUT2D eigenvalue weighted by Crippen LogP contribution is -2.14. The molecule has 1 aromatic heterocycles. The molecule has 0 aliphatic carbocycles. The van der Waals surface area contributed by atoms with E-state index in [1.807, 2.05) is 63.2 Å². The average molecular weight is 420 g/mol. The zero-order valence-corrected chi connectivity index (χ0v) is 18.0. The van der Waals surface area contributed by atoms with Crippen LogP contribution >= 0.6 is 11.6 Å². The number of nitriles is 1. The first-order chi connectivity index (χ1) is 14.3. The average Bonchev–Trinajstić information content (AvgIpc) is 3.00. The Morgan fingerprint density at radius 1 is 1.13 bits per heavy atom. The fourth-order valence-electron chi connectivity index (χ4n) is 3.33. The minimum absolute atomic E-state index is 0.00918. The van der Waals surface area contributed by atoms with Crippen LogP contribution in [-0.2, 0) is 4.79 Å². The maximum atomic E-state index is 12.8. The molecule has 0 aliphatic heterocycles. The Balaban J connectivity index is 1.94. The van der Waals surface area contributed by atoms with Gasteiger partial charge in [-0.3, -0.25) is 4.79 Å². The molecule has 0 fully saturated rings. The number of anilines is 1. The molecule has 0 saturated carbocycles. The number of nitrogens with zero attached hydrogens (tertiary/aromatic N) is 2. The van der Waals surface area contributed by atoms with Gasteiger partial charge < -0.3 is 14.6 Å². The van der Waals surface area contributed by atoms with Crippen molar-refractivity contribution in [2.45, 2.75) is 20.8 Å². The van der Waals surface area contributed by atoms with Crippen molar-refractivity contribution in [1.82, 2.24) is 4.57 Å². The summed E-state index contributed by atoms with van der Waals surface area (Å²) in [7, 11) is 1.53. The number of hydrogen-bond donors (Lipinski definition) is 1. The number of halogens is 1. The molecule has 3 rings (SSSR count). The highest BCUT2D eigenvalue weighted by Crippen LogP contribution is 2.27. The van der Waals surface area contributed by atoms with E-state index in [0.29, 0.717) is 16.5 Å². The fraction of sp³-hybridized carbons (Fsp3) is 0.167. The molecule has 1 heterocycles. The third-order valence-electron chi connectivity index (χ3n) is 4.82. The maximum Gasteiger partial charge on any atom is 0.266 e. The summed E-state index contributed by atoms with van der Waals surface area (Å²) in [6, 6.07) is 16.9. The molecule has 6 heteroatoms. The van der Waals surface area contributed by atoms with Crippen molar-refractivity contribution >= 4 is 29.3 Å². The minimum atomic E-state index is -0.488. The molecule has 1 N–H and O–H groups in total. The summed E-state index contributed by atoms with van der Waals surface area (Å²) in [5.41, 5.74) is 5.17. The molecule has 1 amide bonds. The minimum Gasteiger partial charge on any atom is -0.495 e. The summed E-state index contributed by atoms with van der Waals surface area (Å²) in [6.07, 6.45) is 1.60. The second-order valence-corrected chi connectivity index (χ2v) is 7.40. The summed E-state index contributed by atoms with van der Waals surface area (Å²) in [5, 5.41) is 13.0. The summed E-state index contributed by atoms with van der Waals surface area (Å²) >= 11 is 6.00. The van der Waals surface area contributed by atoms with Crippen LogP contribution in [0.5, 0.6) is 5.75 Å². The first-order valence-electron chi connectivity index (χ1n) is 9.36. The predicted molar refractivity (Wildman–Crippen MR) is 120 cm³/mol. The van der Waals surface area contributed by atoms with Gasteiger partial charge >= 0.3 is 0 Å². The molecule has 0 saturated heterocycles. The third-order valence-corrected chi connectivity index (χ3v) is 5.08. The number of amides is 1. The fourth-order valence-corrected chi connectivity index (χ4v) is 3.46. The van der Waals surface area contributed by atoms with Crippen LogP contribution in [0.3, 0.4) is 0 Å². The number of aromatic nitrogens is 1. The maximum absolute atomic E-state index is 12.8. The van der Waals surface area contributed by atoms with Crippen molar-refractivity contribution < 1.29 is 9.53 Å². The number of aryl methyl sites for hydroxylation is 2.